The van der Waals surface area contributed by atoms with E-state index in [2.05, 4.69) is 90.6 Å². The lowest BCUT2D eigenvalue weighted by molar-refractivity contribution is -0.0758. The quantitative estimate of drug-likeness (QED) is 0.405. The topological polar surface area (TPSA) is 22.7 Å². The van der Waals surface area contributed by atoms with Crippen LogP contribution >= 0.6 is 0 Å². The summed E-state index contributed by atoms with van der Waals surface area (Å²) in [5.74, 6) is 1.03. The fourth-order valence-corrected chi connectivity index (χ4v) is 11.0. The first kappa shape index (κ1) is 35.0. The molecule has 256 valence electrons. The van der Waals surface area contributed by atoms with Gasteiger partial charge in [0, 0.05) is 45.8 Å². The average Bonchev–Trinajstić information content (AvgIpc) is 3.69. The van der Waals surface area contributed by atoms with Crippen molar-refractivity contribution in [2.75, 3.05) is 141 Å². The maximum atomic E-state index is 2.50. The Hall–Kier alpha value is -0.280. The Balaban J connectivity index is 0.000000117. The van der Waals surface area contributed by atoms with Crippen LogP contribution in [0, 0.1) is 27.6 Å². The highest BCUT2D eigenvalue weighted by atomic mass is 15.2. The standard InChI is InChI=1S/2C10H20N2.C9H18N2.C8H15N/c1-11-6-3-10(4-7-11)5-8-12(2)9-10;1-11-6-3-4-10(8-11)5-7-12(2)9-10;1-10-5-3-9(7-10)4-6-11(2)8-9;1-7-3-8(4-7)5-9(2)6-8/h2*3-9H2,1-2H3;3-8H2,1-2H3;7H,3-6H2,1-2H3. The van der Waals surface area contributed by atoms with Crippen molar-refractivity contribution in [3.63, 3.8) is 0 Å². The summed E-state index contributed by atoms with van der Waals surface area (Å²) in [4.78, 5) is 17.3. The predicted octanol–water partition coefficient (Wildman–Crippen LogP) is 4.06. The van der Waals surface area contributed by atoms with Crippen LogP contribution in [0.15, 0.2) is 0 Å². The van der Waals surface area contributed by atoms with Crippen molar-refractivity contribution < 1.29 is 0 Å². The van der Waals surface area contributed by atoms with Gasteiger partial charge in [-0.05, 0) is 187 Å². The third kappa shape index (κ3) is 8.99. The van der Waals surface area contributed by atoms with Crippen molar-refractivity contribution in [2.45, 2.75) is 71.1 Å². The SMILES string of the molecule is CC1CC2(C1)CN(C)C2.CN1CCC2(CC1)CCN(C)C2.CN1CCC2(CCN(C)C2)C1.CN1CCCC2(CCN(C)C2)C1. The normalized spacial score (nSPS) is 34.4. The molecule has 1 atom stereocenters. The maximum absolute atomic E-state index is 2.50. The molecule has 4 spiro atoms. The van der Waals surface area contributed by atoms with Gasteiger partial charge in [-0.1, -0.05) is 6.92 Å². The summed E-state index contributed by atoms with van der Waals surface area (Å²) in [5.41, 5.74) is 2.88. The molecule has 7 heteroatoms. The van der Waals surface area contributed by atoms with E-state index in [9.17, 15) is 0 Å². The van der Waals surface area contributed by atoms with Crippen molar-refractivity contribution in [2.24, 2.45) is 27.6 Å². The van der Waals surface area contributed by atoms with Crippen molar-refractivity contribution >= 4 is 0 Å². The highest BCUT2D eigenvalue weighted by molar-refractivity contribution is 5.02. The molecule has 1 saturated carbocycles. The molecule has 8 rings (SSSR count). The first-order chi connectivity index (χ1) is 20.8. The Kier molecular flexibility index (Phi) is 11.5. The summed E-state index contributed by atoms with van der Waals surface area (Å²) in [6, 6.07) is 0. The molecule has 0 aromatic carbocycles. The van der Waals surface area contributed by atoms with E-state index in [1.165, 1.54) is 156 Å². The minimum atomic E-state index is 0.668. The second-order valence-corrected chi connectivity index (χ2v) is 18.3. The van der Waals surface area contributed by atoms with E-state index in [0.717, 1.165) is 11.3 Å². The summed E-state index contributed by atoms with van der Waals surface area (Å²) >= 11 is 0. The van der Waals surface area contributed by atoms with Gasteiger partial charge in [0.15, 0.2) is 0 Å². The summed E-state index contributed by atoms with van der Waals surface area (Å²) in [7, 11) is 15.7. The van der Waals surface area contributed by atoms with Gasteiger partial charge in [0.1, 0.15) is 0 Å². The van der Waals surface area contributed by atoms with Gasteiger partial charge in [-0.15, -0.1) is 0 Å². The van der Waals surface area contributed by atoms with Crippen LogP contribution in [0.2, 0.25) is 0 Å². The zero-order chi connectivity index (χ0) is 31.6. The molecule has 8 fully saturated rings. The van der Waals surface area contributed by atoms with Crippen molar-refractivity contribution in [3.8, 4) is 0 Å². The van der Waals surface area contributed by atoms with E-state index in [-0.39, 0.29) is 0 Å². The predicted molar refractivity (Wildman–Crippen MR) is 188 cm³/mol. The van der Waals surface area contributed by atoms with E-state index in [1.807, 2.05) is 0 Å². The Labute approximate surface area is 273 Å². The highest BCUT2D eigenvalue weighted by Gasteiger charge is 2.49. The van der Waals surface area contributed by atoms with Gasteiger partial charge in [-0.3, -0.25) is 0 Å². The number of hydrogen-bond acceptors (Lipinski definition) is 7. The number of likely N-dealkylation sites (tertiary alicyclic amines) is 7. The van der Waals surface area contributed by atoms with Gasteiger partial charge in [0.05, 0.1) is 0 Å². The van der Waals surface area contributed by atoms with Crippen LogP contribution < -0.4 is 0 Å². The molecular formula is C37H73N7. The lowest BCUT2D eigenvalue weighted by atomic mass is 9.58. The molecule has 1 unspecified atom stereocenters. The van der Waals surface area contributed by atoms with E-state index in [0.29, 0.717) is 16.2 Å². The lowest BCUT2D eigenvalue weighted by Crippen LogP contribution is -2.60. The minimum absolute atomic E-state index is 0.668. The third-order valence-electron chi connectivity index (χ3n) is 13.2. The largest absolute Gasteiger partial charge is 0.306 e. The molecule has 0 aromatic heterocycles. The van der Waals surface area contributed by atoms with Crippen LogP contribution in [-0.4, -0.2) is 175 Å². The first-order valence-corrected chi connectivity index (χ1v) is 18.6. The van der Waals surface area contributed by atoms with Gasteiger partial charge >= 0.3 is 0 Å². The van der Waals surface area contributed by atoms with Crippen LogP contribution in [0.3, 0.4) is 0 Å². The van der Waals surface area contributed by atoms with E-state index < -0.39 is 0 Å². The van der Waals surface area contributed by atoms with Crippen LogP contribution in [0.5, 0.6) is 0 Å². The molecule has 0 bridgehead atoms. The summed E-state index contributed by atoms with van der Waals surface area (Å²) < 4.78 is 0. The Morgan fingerprint density at radius 1 is 0.341 bits per heavy atom. The second kappa shape index (κ2) is 14.5. The molecule has 7 saturated heterocycles. The van der Waals surface area contributed by atoms with Gasteiger partial charge in [-0.25, -0.2) is 0 Å². The number of piperidine rings is 2. The summed E-state index contributed by atoms with van der Waals surface area (Å²) in [6.07, 6.45) is 14.4. The minimum Gasteiger partial charge on any atom is -0.306 e. The molecule has 0 aromatic rings. The summed E-state index contributed by atoms with van der Waals surface area (Å²) in [6.45, 7) is 21.0. The fraction of sp³-hybridized carbons (Fsp3) is 1.00. The van der Waals surface area contributed by atoms with Crippen LogP contribution in [0.4, 0.5) is 0 Å². The molecule has 7 aliphatic heterocycles. The van der Waals surface area contributed by atoms with Crippen molar-refractivity contribution in [1.82, 2.24) is 34.3 Å². The molecular weight excluding hydrogens is 542 g/mol. The van der Waals surface area contributed by atoms with Crippen molar-refractivity contribution in [1.29, 1.82) is 0 Å². The van der Waals surface area contributed by atoms with Gasteiger partial charge < -0.3 is 34.3 Å². The molecule has 44 heavy (non-hydrogen) atoms. The van der Waals surface area contributed by atoms with E-state index >= 15 is 0 Å². The monoisotopic (exact) mass is 616 g/mol. The maximum Gasteiger partial charge on any atom is 0.00481 e. The molecule has 1 aliphatic carbocycles. The Morgan fingerprint density at radius 3 is 1.00 bits per heavy atom. The van der Waals surface area contributed by atoms with E-state index in [1.54, 1.807) is 0 Å². The molecule has 7 nitrogen and oxygen atoms in total. The lowest BCUT2D eigenvalue weighted by Gasteiger charge is -2.57. The molecule has 0 N–H and O–H groups in total. The zero-order valence-corrected chi connectivity index (χ0v) is 30.7. The summed E-state index contributed by atoms with van der Waals surface area (Å²) in [5, 5.41) is 0. The van der Waals surface area contributed by atoms with E-state index in [4.69, 9.17) is 0 Å². The Morgan fingerprint density at radius 2 is 0.659 bits per heavy atom. The van der Waals surface area contributed by atoms with Crippen LogP contribution in [0.1, 0.15) is 71.1 Å². The van der Waals surface area contributed by atoms with Crippen LogP contribution in [0.25, 0.3) is 0 Å². The van der Waals surface area contributed by atoms with Gasteiger partial charge in [-0.2, -0.15) is 0 Å². The number of nitrogens with zero attached hydrogens (tertiary/aromatic N) is 7. The molecule has 8 aliphatic rings. The third-order valence-corrected chi connectivity index (χ3v) is 13.2. The Bertz CT molecular complexity index is 849. The first-order valence-electron chi connectivity index (χ1n) is 18.6. The highest BCUT2D eigenvalue weighted by Crippen LogP contribution is 2.51. The molecule has 0 radical (unpaired) electrons. The smallest absolute Gasteiger partial charge is 0.00481 e. The average molecular weight is 616 g/mol. The second-order valence-electron chi connectivity index (χ2n) is 18.3. The van der Waals surface area contributed by atoms with Crippen molar-refractivity contribution in [3.05, 3.63) is 0 Å². The number of rotatable bonds is 0. The van der Waals surface area contributed by atoms with Gasteiger partial charge in [0.25, 0.3) is 0 Å². The zero-order valence-electron chi connectivity index (χ0n) is 30.7. The number of hydrogen-bond donors (Lipinski definition) is 0. The molecule has 7 heterocycles. The fourth-order valence-electron chi connectivity index (χ4n) is 11.0. The molecule has 0 amide bonds. The van der Waals surface area contributed by atoms with Gasteiger partial charge in [0.2, 0.25) is 0 Å². The van der Waals surface area contributed by atoms with Crippen LogP contribution in [-0.2, 0) is 0 Å².